The summed E-state index contributed by atoms with van der Waals surface area (Å²) in [5, 5.41) is 3.92. The lowest BCUT2D eigenvalue weighted by molar-refractivity contribution is 0.0955. The summed E-state index contributed by atoms with van der Waals surface area (Å²) in [6.07, 6.45) is 4.32. The molecule has 0 atom stereocenters. The van der Waals surface area contributed by atoms with Crippen molar-refractivity contribution in [1.82, 2.24) is 9.73 Å². The van der Waals surface area contributed by atoms with Crippen LogP contribution in [0.5, 0.6) is 0 Å². The van der Waals surface area contributed by atoms with Crippen molar-refractivity contribution >= 4 is 22.1 Å². The van der Waals surface area contributed by atoms with Gasteiger partial charge in [-0.05, 0) is 36.6 Å². The number of rotatable bonds is 5. The highest BCUT2D eigenvalue weighted by Gasteiger charge is 2.26. The molecular formula is C19H21N3O3S. The number of hydrogen-bond acceptors (Lipinski definition) is 4. The Bertz CT molecular complexity index is 889. The number of hydrogen-bond donors (Lipinski definition) is 1. The van der Waals surface area contributed by atoms with Crippen molar-refractivity contribution in [3.05, 3.63) is 65.7 Å². The van der Waals surface area contributed by atoms with Crippen molar-refractivity contribution in [2.24, 2.45) is 5.10 Å². The fraction of sp³-hybridized carbons (Fsp3) is 0.263. The normalized spacial score (nSPS) is 15.8. The van der Waals surface area contributed by atoms with Crippen LogP contribution >= 0.6 is 0 Å². The van der Waals surface area contributed by atoms with Crippen molar-refractivity contribution in [3.63, 3.8) is 0 Å². The largest absolute Gasteiger partial charge is 0.271 e. The molecule has 0 spiro atoms. The fourth-order valence-electron chi connectivity index (χ4n) is 2.82. The molecule has 0 aliphatic carbocycles. The van der Waals surface area contributed by atoms with Crippen molar-refractivity contribution in [3.8, 4) is 0 Å². The lowest BCUT2D eigenvalue weighted by Crippen LogP contribution is -2.35. The quantitative estimate of drug-likeness (QED) is 0.648. The molecule has 7 heteroatoms. The molecule has 0 radical (unpaired) electrons. The Morgan fingerprint density at radius 3 is 2.46 bits per heavy atom. The number of hydrazone groups is 1. The first kappa shape index (κ1) is 18.3. The standard InChI is InChI=1S/C19H21N3O3S/c23-19(21-20-15-16-8-3-1-4-9-16)17-10-7-11-18(14-17)26(24,25)22-12-5-2-6-13-22/h1,3-4,7-11,14-15H,2,5-6,12-13H2,(H,21,23)/b20-15-. The third-order valence-corrected chi connectivity index (χ3v) is 6.12. The van der Waals surface area contributed by atoms with Gasteiger partial charge >= 0.3 is 0 Å². The van der Waals surface area contributed by atoms with Crippen LogP contribution in [0.25, 0.3) is 0 Å². The molecule has 0 bridgehead atoms. The molecule has 1 fully saturated rings. The Morgan fingerprint density at radius 2 is 1.73 bits per heavy atom. The van der Waals surface area contributed by atoms with Gasteiger partial charge in [0.2, 0.25) is 10.0 Å². The molecule has 1 heterocycles. The molecule has 1 N–H and O–H groups in total. The predicted octanol–water partition coefficient (Wildman–Crippen LogP) is 2.63. The Hall–Kier alpha value is -2.51. The van der Waals surface area contributed by atoms with E-state index in [-0.39, 0.29) is 10.5 Å². The highest BCUT2D eigenvalue weighted by atomic mass is 32.2. The maximum absolute atomic E-state index is 12.7. The summed E-state index contributed by atoms with van der Waals surface area (Å²) in [5.74, 6) is -0.451. The SMILES string of the molecule is O=C(N/N=C\c1ccccc1)c1cccc(S(=O)(=O)N2CCCCC2)c1. The Morgan fingerprint density at radius 1 is 1.00 bits per heavy atom. The molecule has 3 rings (SSSR count). The smallest absolute Gasteiger partial charge is 0.267 e. The first-order chi connectivity index (χ1) is 12.6. The van der Waals surface area contributed by atoms with Crippen LogP contribution in [0.15, 0.2) is 64.6 Å². The van der Waals surface area contributed by atoms with Crippen LogP contribution in [0.1, 0.15) is 35.2 Å². The van der Waals surface area contributed by atoms with E-state index in [1.54, 1.807) is 12.1 Å². The second kappa shape index (κ2) is 8.25. The Balaban J connectivity index is 1.72. The molecule has 6 nitrogen and oxygen atoms in total. The lowest BCUT2D eigenvalue weighted by atomic mass is 10.2. The van der Waals surface area contributed by atoms with Gasteiger partial charge in [0, 0.05) is 18.7 Å². The van der Waals surface area contributed by atoms with Gasteiger partial charge < -0.3 is 0 Å². The minimum atomic E-state index is -3.57. The van der Waals surface area contributed by atoms with Gasteiger partial charge in [-0.15, -0.1) is 0 Å². The van der Waals surface area contributed by atoms with Crippen LogP contribution in [0.3, 0.4) is 0 Å². The first-order valence-corrected chi connectivity index (χ1v) is 10.00. The molecule has 1 aliphatic heterocycles. The van der Waals surface area contributed by atoms with E-state index in [9.17, 15) is 13.2 Å². The molecular weight excluding hydrogens is 350 g/mol. The van der Waals surface area contributed by atoms with Crippen LogP contribution in [-0.2, 0) is 10.0 Å². The highest BCUT2D eigenvalue weighted by Crippen LogP contribution is 2.21. The minimum Gasteiger partial charge on any atom is -0.267 e. The van der Waals surface area contributed by atoms with Gasteiger partial charge in [0.15, 0.2) is 0 Å². The number of benzene rings is 2. The van der Waals surface area contributed by atoms with Gasteiger partial charge in [-0.3, -0.25) is 4.79 Å². The molecule has 1 saturated heterocycles. The third-order valence-electron chi connectivity index (χ3n) is 4.23. The topological polar surface area (TPSA) is 78.8 Å². The van der Waals surface area contributed by atoms with Gasteiger partial charge in [-0.1, -0.05) is 42.8 Å². The zero-order valence-electron chi connectivity index (χ0n) is 14.3. The summed E-state index contributed by atoms with van der Waals surface area (Å²) in [7, 11) is -3.57. The Kier molecular flexibility index (Phi) is 5.80. The fourth-order valence-corrected chi connectivity index (χ4v) is 4.38. The van der Waals surface area contributed by atoms with Gasteiger partial charge in [0.1, 0.15) is 0 Å². The molecule has 0 saturated carbocycles. The van der Waals surface area contributed by atoms with E-state index in [2.05, 4.69) is 10.5 Å². The zero-order valence-corrected chi connectivity index (χ0v) is 15.2. The van der Waals surface area contributed by atoms with E-state index in [0.717, 1.165) is 24.8 Å². The van der Waals surface area contributed by atoms with Gasteiger partial charge in [-0.2, -0.15) is 9.41 Å². The van der Waals surface area contributed by atoms with E-state index < -0.39 is 15.9 Å². The molecule has 2 aromatic carbocycles. The number of sulfonamides is 1. The lowest BCUT2D eigenvalue weighted by Gasteiger charge is -2.25. The second-order valence-corrected chi connectivity index (χ2v) is 8.04. The van der Waals surface area contributed by atoms with Crippen molar-refractivity contribution in [2.75, 3.05) is 13.1 Å². The maximum Gasteiger partial charge on any atom is 0.271 e. The monoisotopic (exact) mass is 371 g/mol. The van der Waals surface area contributed by atoms with E-state index >= 15 is 0 Å². The molecule has 0 unspecified atom stereocenters. The average molecular weight is 371 g/mol. The summed E-state index contributed by atoms with van der Waals surface area (Å²) < 4.78 is 26.9. The van der Waals surface area contributed by atoms with Crippen LogP contribution in [0.2, 0.25) is 0 Å². The highest BCUT2D eigenvalue weighted by molar-refractivity contribution is 7.89. The molecule has 1 aliphatic rings. The van der Waals surface area contributed by atoms with Crippen LogP contribution < -0.4 is 5.43 Å². The van der Waals surface area contributed by atoms with Crippen molar-refractivity contribution in [2.45, 2.75) is 24.2 Å². The van der Waals surface area contributed by atoms with E-state index in [0.29, 0.717) is 13.1 Å². The van der Waals surface area contributed by atoms with Crippen LogP contribution in [0.4, 0.5) is 0 Å². The Labute approximate surface area is 153 Å². The van der Waals surface area contributed by atoms with Crippen LogP contribution in [0, 0.1) is 0 Å². The zero-order chi connectivity index (χ0) is 18.4. The number of nitrogens with zero attached hydrogens (tertiary/aromatic N) is 2. The number of carbonyl (C=O) groups is 1. The van der Waals surface area contributed by atoms with E-state index in [4.69, 9.17) is 0 Å². The summed E-state index contributed by atoms with van der Waals surface area (Å²) in [6.45, 7) is 1.06. The maximum atomic E-state index is 12.7. The van der Waals surface area contributed by atoms with Gasteiger partial charge in [-0.25, -0.2) is 13.8 Å². The summed E-state index contributed by atoms with van der Waals surface area (Å²) in [6, 6.07) is 15.4. The van der Waals surface area contributed by atoms with Gasteiger partial charge in [0.25, 0.3) is 5.91 Å². The van der Waals surface area contributed by atoms with Gasteiger partial charge in [0.05, 0.1) is 11.1 Å². The molecule has 1 amide bonds. The number of piperidine rings is 1. The molecule has 2 aromatic rings. The number of carbonyl (C=O) groups excluding carboxylic acids is 1. The summed E-state index contributed by atoms with van der Waals surface area (Å²) in [5.41, 5.74) is 3.54. The first-order valence-electron chi connectivity index (χ1n) is 8.56. The minimum absolute atomic E-state index is 0.138. The predicted molar refractivity (Wildman–Crippen MR) is 101 cm³/mol. The average Bonchev–Trinajstić information content (AvgIpc) is 2.69. The van der Waals surface area contributed by atoms with Crippen molar-refractivity contribution in [1.29, 1.82) is 0 Å². The van der Waals surface area contributed by atoms with E-state index in [1.807, 2.05) is 30.3 Å². The van der Waals surface area contributed by atoms with Crippen LogP contribution in [-0.4, -0.2) is 37.9 Å². The molecule has 136 valence electrons. The summed E-state index contributed by atoms with van der Waals surface area (Å²) >= 11 is 0. The third kappa shape index (κ3) is 4.36. The molecule has 26 heavy (non-hydrogen) atoms. The second-order valence-electron chi connectivity index (χ2n) is 6.10. The van der Waals surface area contributed by atoms with E-state index in [1.165, 1.54) is 22.7 Å². The number of amides is 1. The molecule has 0 aromatic heterocycles. The number of nitrogens with one attached hydrogen (secondary N) is 1. The summed E-state index contributed by atoms with van der Waals surface area (Å²) in [4.78, 5) is 12.4. The van der Waals surface area contributed by atoms with Crippen molar-refractivity contribution < 1.29 is 13.2 Å².